The largest absolute Gasteiger partial charge is 0.381 e. The molecule has 0 amide bonds. The summed E-state index contributed by atoms with van der Waals surface area (Å²) in [4.78, 5) is 4.60. The van der Waals surface area contributed by atoms with E-state index in [0.717, 1.165) is 42.1 Å². The van der Waals surface area contributed by atoms with E-state index in [9.17, 15) is 8.78 Å². The van der Waals surface area contributed by atoms with Crippen molar-refractivity contribution in [2.75, 3.05) is 13.2 Å². The molecular formula is C21H23F2N3O. The van der Waals surface area contributed by atoms with Crippen LogP contribution in [0, 0.1) is 0 Å². The summed E-state index contributed by atoms with van der Waals surface area (Å²) in [6, 6.07) is 3.95. The Hall–Kier alpha value is -2.08. The van der Waals surface area contributed by atoms with Gasteiger partial charge in [-0.15, -0.1) is 0 Å². The second-order valence-corrected chi connectivity index (χ2v) is 8.02. The van der Waals surface area contributed by atoms with Crippen molar-refractivity contribution < 1.29 is 13.5 Å². The Morgan fingerprint density at radius 1 is 1.26 bits per heavy atom. The van der Waals surface area contributed by atoms with Crippen LogP contribution in [0.25, 0.3) is 16.8 Å². The Bertz CT molecular complexity index is 912. The third-order valence-corrected chi connectivity index (χ3v) is 6.13. The Morgan fingerprint density at radius 3 is 2.89 bits per heavy atom. The summed E-state index contributed by atoms with van der Waals surface area (Å²) in [5, 5.41) is 4.79. The van der Waals surface area contributed by atoms with Crippen LogP contribution >= 0.6 is 0 Å². The molecule has 0 aromatic carbocycles. The second-order valence-electron chi connectivity index (χ2n) is 8.02. The van der Waals surface area contributed by atoms with E-state index in [1.54, 1.807) is 0 Å². The average molecular weight is 371 g/mol. The smallest absolute Gasteiger partial charge is 0.250 e. The van der Waals surface area contributed by atoms with Gasteiger partial charge in [-0.05, 0) is 43.0 Å². The van der Waals surface area contributed by atoms with E-state index in [1.807, 2.05) is 10.9 Å². The monoisotopic (exact) mass is 371 g/mol. The molecule has 0 N–H and O–H groups in total. The van der Waals surface area contributed by atoms with E-state index in [-0.39, 0.29) is 24.8 Å². The number of pyridine rings is 1. The molecule has 0 unspecified atom stereocenters. The third-order valence-electron chi connectivity index (χ3n) is 6.13. The quantitative estimate of drug-likeness (QED) is 0.780. The first-order valence-electron chi connectivity index (χ1n) is 9.72. The number of fused-ring (bicyclic) bond motifs is 1. The van der Waals surface area contributed by atoms with Crippen LogP contribution in [0.1, 0.15) is 61.5 Å². The number of ether oxygens (including phenoxy) is 1. The first-order valence-corrected chi connectivity index (χ1v) is 9.72. The maximum atomic E-state index is 13.8. The predicted octanol–water partition coefficient (Wildman–Crippen LogP) is 4.77. The number of halogens is 2. The lowest BCUT2D eigenvalue weighted by Crippen LogP contribution is -2.16. The molecule has 2 atom stereocenters. The highest BCUT2D eigenvalue weighted by atomic mass is 19.3. The summed E-state index contributed by atoms with van der Waals surface area (Å²) >= 11 is 0. The predicted molar refractivity (Wildman–Crippen MR) is 98.8 cm³/mol. The summed E-state index contributed by atoms with van der Waals surface area (Å²) in [5.74, 6) is -2.36. The Morgan fingerprint density at radius 2 is 2.15 bits per heavy atom. The molecule has 1 saturated carbocycles. The minimum Gasteiger partial charge on any atom is -0.381 e. The van der Waals surface area contributed by atoms with E-state index in [2.05, 4.69) is 30.1 Å². The third kappa shape index (κ3) is 3.00. The van der Waals surface area contributed by atoms with Crippen LogP contribution in [-0.4, -0.2) is 33.9 Å². The fourth-order valence-corrected chi connectivity index (χ4v) is 4.55. The van der Waals surface area contributed by atoms with Gasteiger partial charge in [-0.1, -0.05) is 6.08 Å². The number of rotatable bonds is 3. The molecule has 2 fully saturated rings. The van der Waals surface area contributed by atoms with E-state index >= 15 is 0 Å². The zero-order valence-corrected chi connectivity index (χ0v) is 15.4. The zero-order valence-electron chi connectivity index (χ0n) is 15.4. The first kappa shape index (κ1) is 17.0. The molecule has 5 rings (SSSR count). The Balaban J connectivity index is 1.55. The van der Waals surface area contributed by atoms with E-state index in [4.69, 9.17) is 9.84 Å². The van der Waals surface area contributed by atoms with Crippen molar-refractivity contribution in [2.24, 2.45) is 0 Å². The molecule has 4 nitrogen and oxygen atoms in total. The van der Waals surface area contributed by atoms with Gasteiger partial charge in [0.15, 0.2) is 0 Å². The molecule has 2 aliphatic carbocycles. The summed E-state index contributed by atoms with van der Waals surface area (Å²) in [7, 11) is 0. The summed E-state index contributed by atoms with van der Waals surface area (Å²) < 4.78 is 35.1. The molecule has 0 spiro atoms. The van der Waals surface area contributed by atoms with Crippen LogP contribution in [0.15, 0.2) is 24.4 Å². The van der Waals surface area contributed by atoms with Gasteiger partial charge in [-0.25, -0.2) is 8.78 Å². The van der Waals surface area contributed by atoms with Gasteiger partial charge in [-0.2, -0.15) is 5.10 Å². The molecule has 27 heavy (non-hydrogen) atoms. The standard InChI is InChI=1S/C21H23F2N3O/c1-13-2-3-18-17(13)8-15(11-24-18)19-9-20(14-5-7-27-12-14)26(25-19)16-4-6-21(22,23)10-16/h2,8-9,11,14,16H,3-7,10,12H2,1H3/t14-,16-/m1/s1. The van der Waals surface area contributed by atoms with E-state index in [1.165, 1.54) is 11.1 Å². The molecule has 3 heterocycles. The van der Waals surface area contributed by atoms with Crippen molar-refractivity contribution in [1.82, 2.24) is 14.8 Å². The number of allylic oxidation sites excluding steroid dienone is 2. The maximum Gasteiger partial charge on any atom is 0.250 e. The fourth-order valence-electron chi connectivity index (χ4n) is 4.55. The van der Waals surface area contributed by atoms with Gasteiger partial charge >= 0.3 is 0 Å². The molecule has 142 valence electrons. The maximum absolute atomic E-state index is 13.8. The van der Waals surface area contributed by atoms with Gasteiger partial charge in [0.2, 0.25) is 5.92 Å². The normalized spacial score (nSPS) is 26.4. The van der Waals surface area contributed by atoms with Crippen molar-refractivity contribution in [3.05, 3.63) is 41.4 Å². The lowest BCUT2D eigenvalue weighted by molar-refractivity contribution is 0.00505. The molecule has 0 radical (unpaired) electrons. The highest BCUT2D eigenvalue weighted by molar-refractivity contribution is 5.74. The molecule has 0 bridgehead atoms. The molecular weight excluding hydrogens is 348 g/mol. The number of alkyl halides is 2. The van der Waals surface area contributed by atoms with Crippen LogP contribution in [0.5, 0.6) is 0 Å². The molecule has 1 saturated heterocycles. The summed E-state index contributed by atoms with van der Waals surface area (Å²) in [6.07, 6.45) is 6.12. The molecule has 3 aliphatic rings. The molecule has 1 aliphatic heterocycles. The van der Waals surface area contributed by atoms with E-state index < -0.39 is 5.92 Å². The van der Waals surface area contributed by atoms with Crippen molar-refractivity contribution in [2.45, 2.75) is 56.9 Å². The van der Waals surface area contributed by atoms with Gasteiger partial charge in [0, 0.05) is 49.2 Å². The van der Waals surface area contributed by atoms with E-state index in [0.29, 0.717) is 13.0 Å². The number of aromatic nitrogens is 3. The minimum absolute atomic E-state index is 0.0577. The minimum atomic E-state index is -2.59. The van der Waals surface area contributed by atoms with Crippen LogP contribution in [0.2, 0.25) is 0 Å². The van der Waals surface area contributed by atoms with Crippen LogP contribution in [0.3, 0.4) is 0 Å². The lowest BCUT2D eigenvalue weighted by atomic mass is 10.0. The summed E-state index contributed by atoms with van der Waals surface area (Å²) in [5.41, 5.74) is 6.29. The SMILES string of the molecule is CC1=CCc2ncc(-c3cc([C@@H]4CCOC4)n([C@@H]4CCC(F)(F)C4)n3)cc21. The zero-order chi connectivity index (χ0) is 18.6. The number of nitrogens with zero attached hydrogens (tertiary/aromatic N) is 3. The van der Waals surface area contributed by atoms with Crippen molar-refractivity contribution >= 4 is 5.57 Å². The van der Waals surface area contributed by atoms with Crippen molar-refractivity contribution in [3.8, 4) is 11.3 Å². The summed E-state index contributed by atoms with van der Waals surface area (Å²) in [6.45, 7) is 3.45. The number of hydrogen-bond acceptors (Lipinski definition) is 3. The van der Waals surface area contributed by atoms with Gasteiger partial charge in [0.25, 0.3) is 0 Å². The average Bonchev–Trinajstić information content (AvgIpc) is 3.40. The van der Waals surface area contributed by atoms with Gasteiger partial charge < -0.3 is 4.74 Å². The van der Waals surface area contributed by atoms with Gasteiger partial charge in [0.05, 0.1) is 24.0 Å². The van der Waals surface area contributed by atoms with Crippen molar-refractivity contribution in [1.29, 1.82) is 0 Å². The Kier molecular flexibility index (Phi) is 3.93. The first-order chi connectivity index (χ1) is 13.0. The lowest BCUT2D eigenvalue weighted by Gasteiger charge is -2.17. The van der Waals surface area contributed by atoms with Crippen LogP contribution < -0.4 is 0 Å². The molecule has 2 aromatic rings. The number of hydrogen-bond donors (Lipinski definition) is 0. The topological polar surface area (TPSA) is 39.9 Å². The highest BCUT2D eigenvalue weighted by Crippen LogP contribution is 2.43. The molecule has 6 heteroatoms. The molecule has 2 aromatic heterocycles. The Labute approximate surface area is 157 Å². The van der Waals surface area contributed by atoms with Crippen LogP contribution in [0.4, 0.5) is 8.78 Å². The highest BCUT2D eigenvalue weighted by Gasteiger charge is 2.42. The van der Waals surface area contributed by atoms with Crippen molar-refractivity contribution in [3.63, 3.8) is 0 Å². The fraction of sp³-hybridized carbons (Fsp3) is 0.524. The van der Waals surface area contributed by atoms with Crippen LogP contribution in [-0.2, 0) is 11.2 Å². The second kappa shape index (κ2) is 6.23. The van der Waals surface area contributed by atoms with Gasteiger partial charge in [-0.3, -0.25) is 9.67 Å². The van der Waals surface area contributed by atoms with Gasteiger partial charge in [0.1, 0.15) is 0 Å².